The van der Waals surface area contributed by atoms with E-state index >= 15 is 0 Å². The molecule has 0 amide bonds. The van der Waals surface area contributed by atoms with Gasteiger partial charge in [-0.2, -0.15) is 0 Å². The van der Waals surface area contributed by atoms with Crippen molar-refractivity contribution in [2.45, 2.75) is 0 Å². The van der Waals surface area contributed by atoms with Gasteiger partial charge >= 0.3 is 0 Å². The minimum atomic E-state index is -0.326. The molecule has 5 rings (SSSR count). The fraction of sp³-hybridized carbons (Fsp3) is 0. The van der Waals surface area contributed by atoms with Crippen molar-refractivity contribution < 1.29 is 4.42 Å². The molecule has 5 aromatic rings. The van der Waals surface area contributed by atoms with Gasteiger partial charge in [0.05, 0.1) is 5.02 Å². The lowest BCUT2D eigenvalue weighted by atomic mass is 10.0. The fourth-order valence-electron chi connectivity index (χ4n) is 3.24. The number of fused-ring (bicyclic) bond motifs is 3. The van der Waals surface area contributed by atoms with Crippen molar-refractivity contribution in [2.75, 3.05) is 0 Å². The molecule has 3 aromatic carbocycles. The van der Waals surface area contributed by atoms with E-state index in [9.17, 15) is 4.79 Å². The van der Waals surface area contributed by atoms with Crippen molar-refractivity contribution in [3.05, 3.63) is 88.2 Å². The summed E-state index contributed by atoms with van der Waals surface area (Å²) < 4.78 is 5.76. The first kappa shape index (κ1) is 15.9. The highest BCUT2D eigenvalue weighted by molar-refractivity contribution is 6.33. The van der Waals surface area contributed by atoms with E-state index in [4.69, 9.17) is 16.0 Å². The van der Waals surface area contributed by atoms with E-state index in [-0.39, 0.29) is 11.1 Å². The van der Waals surface area contributed by atoms with E-state index in [2.05, 4.69) is 9.97 Å². The minimum Gasteiger partial charge on any atom is -0.449 e. The number of aromatic nitrogens is 2. The SMILES string of the molecule is O=c1[nH]c(-c2ccccc2Cl)nc2c1oc1ccc(-c3ccccc3)cc12. The third-order valence-corrected chi connectivity index (χ3v) is 4.89. The Labute approximate surface area is 159 Å². The molecule has 0 aliphatic carbocycles. The molecule has 0 unspecified atom stereocenters. The maximum atomic E-state index is 12.6. The van der Waals surface area contributed by atoms with Crippen molar-refractivity contribution in [2.24, 2.45) is 0 Å². The van der Waals surface area contributed by atoms with Gasteiger partial charge in [-0.1, -0.05) is 60.1 Å². The van der Waals surface area contributed by atoms with Crippen molar-refractivity contribution in [3.63, 3.8) is 0 Å². The number of H-pyrrole nitrogens is 1. The van der Waals surface area contributed by atoms with E-state index in [0.29, 0.717) is 27.5 Å². The zero-order chi connectivity index (χ0) is 18.4. The number of nitrogens with one attached hydrogen (secondary N) is 1. The Bertz CT molecular complexity index is 1350. The highest BCUT2D eigenvalue weighted by Crippen LogP contribution is 2.32. The predicted octanol–water partition coefficient (Wildman–Crippen LogP) is 5.66. The van der Waals surface area contributed by atoms with Crippen LogP contribution in [0, 0.1) is 0 Å². The second kappa shape index (κ2) is 6.11. The Morgan fingerprint density at radius 2 is 1.67 bits per heavy atom. The van der Waals surface area contributed by atoms with Gasteiger partial charge in [0, 0.05) is 10.9 Å². The van der Waals surface area contributed by atoms with E-state index in [0.717, 1.165) is 16.5 Å². The summed E-state index contributed by atoms with van der Waals surface area (Å²) in [6.07, 6.45) is 0. The van der Waals surface area contributed by atoms with Gasteiger partial charge in [-0.05, 0) is 35.4 Å². The average Bonchev–Trinajstić information content (AvgIpc) is 3.07. The minimum absolute atomic E-state index is 0.214. The Balaban J connectivity index is 1.80. The molecule has 1 N–H and O–H groups in total. The van der Waals surface area contributed by atoms with Gasteiger partial charge in [0.15, 0.2) is 0 Å². The predicted molar refractivity (Wildman–Crippen MR) is 108 cm³/mol. The molecule has 0 saturated heterocycles. The molecule has 27 heavy (non-hydrogen) atoms. The molecule has 0 saturated carbocycles. The molecule has 5 heteroatoms. The number of rotatable bonds is 2. The first-order chi connectivity index (χ1) is 13.2. The van der Waals surface area contributed by atoms with Crippen LogP contribution in [0.3, 0.4) is 0 Å². The van der Waals surface area contributed by atoms with Crippen LogP contribution in [0.4, 0.5) is 0 Å². The molecule has 4 nitrogen and oxygen atoms in total. The summed E-state index contributed by atoms with van der Waals surface area (Å²) >= 11 is 6.27. The number of halogens is 1. The van der Waals surface area contributed by atoms with Crippen molar-refractivity contribution in [1.29, 1.82) is 0 Å². The number of nitrogens with zero attached hydrogens (tertiary/aromatic N) is 1. The van der Waals surface area contributed by atoms with Crippen LogP contribution < -0.4 is 5.56 Å². The Kier molecular flexibility index (Phi) is 3.59. The van der Waals surface area contributed by atoms with Crippen LogP contribution in [-0.2, 0) is 0 Å². The number of aromatic amines is 1. The third-order valence-electron chi connectivity index (χ3n) is 4.56. The molecule has 2 heterocycles. The van der Waals surface area contributed by atoms with Crippen LogP contribution in [0.5, 0.6) is 0 Å². The highest BCUT2D eigenvalue weighted by atomic mass is 35.5. The monoisotopic (exact) mass is 372 g/mol. The van der Waals surface area contributed by atoms with Gasteiger partial charge in [0.25, 0.3) is 5.56 Å². The fourth-order valence-corrected chi connectivity index (χ4v) is 3.47. The molecule has 130 valence electrons. The third kappa shape index (κ3) is 2.62. The zero-order valence-electron chi connectivity index (χ0n) is 14.1. The van der Waals surface area contributed by atoms with Crippen LogP contribution in [0.15, 0.2) is 82.0 Å². The molecular formula is C22H13ClN2O2. The highest BCUT2D eigenvalue weighted by Gasteiger charge is 2.16. The lowest BCUT2D eigenvalue weighted by Gasteiger charge is -2.03. The number of hydrogen-bond acceptors (Lipinski definition) is 3. The van der Waals surface area contributed by atoms with E-state index < -0.39 is 0 Å². The number of hydrogen-bond donors (Lipinski definition) is 1. The average molecular weight is 373 g/mol. The van der Waals surface area contributed by atoms with E-state index in [1.54, 1.807) is 6.07 Å². The van der Waals surface area contributed by atoms with Gasteiger partial charge in [-0.15, -0.1) is 0 Å². The molecule has 0 spiro atoms. The molecule has 0 atom stereocenters. The quantitative estimate of drug-likeness (QED) is 0.435. The first-order valence-corrected chi connectivity index (χ1v) is 8.85. The molecule has 0 radical (unpaired) electrons. The van der Waals surface area contributed by atoms with Crippen molar-refractivity contribution in [1.82, 2.24) is 9.97 Å². The summed E-state index contributed by atoms with van der Waals surface area (Å²) in [7, 11) is 0. The standard InChI is InChI=1S/C22H13ClN2O2/c23-17-9-5-4-8-15(17)21-24-19-16-12-14(13-6-2-1-3-7-13)10-11-18(16)27-20(19)22(26)25-21/h1-12H,(H,24,25,26). The maximum absolute atomic E-state index is 12.6. The smallest absolute Gasteiger partial charge is 0.294 e. The lowest BCUT2D eigenvalue weighted by molar-refractivity contribution is 0.661. The van der Waals surface area contributed by atoms with Crippen LogP contribution in [0.25, 0.3) is 44.6 Å². The maximum Gasteiger partial charge on any atom is 0.294 e. The largest absolute Gasteiger partial charge is 0.449 e. The van der Waals surface area contributed by atoms with Crippen LogP contribution in [-0.4, -0.2) is 9.97 Å². The molecular weight excluding hydrogens is 360 g/mol. The normalized spacial score (nSPS) is 11.3. The molecule has 2 aromatic heterocycles. The Hall–Kier alpha value is -3.37. The van der Waals surface area contributed by atoms with Gasteiger partial charge in [-0.25, -0.2) is 4.98 Å². The second-order valence-corrected chi connectivity index (χ2v) is 6.66. The van der Waals surface area contributed by atoms with Crippen molar-refractivity contribution in [3.8, 4) is 22.5 Å². The Morgan fingerprint density at radius 3 is 2.48 bits per heavy atom. The summed E-state index contributed by atoms with van der Waals surface area (Å²) in [6, 6.07) is 23.2. The summed E-state index contributed by atoms with van der Waals surface area (Å²) in [6.45, 7) is 0. The number of furan rings is 1. The van der Waals surface area contributed by atoms with Crippen molar-refractivity contribution >= 4 is 33.7 Å². The summed E-state index contributed by atoms with van der Waals surface area (Å²) in [5.41, 5.74) is 3.84. The van der Waals surface area contributed by atoms with E-state index in [1.165, 1.54) is 0 Å². The first-order valence-electron chi connectivity index (χ1n) is 8.47. The molecule has 0 bridgehead atoms. The second-order valence-electron chi connectivity index (χ2n) is 6.25. The molecule has 0 aliphatic heterocycles. The van der Waals surface area contributed by atoms with Gasteiger partial charge < -0.3 is 9.40 Å². The topological polar surface area (TPSA) is 58.9 Å². The Morgan fingerprint density at radius 1 is 0.889 bits per heavy atom. The summed E-state index contributed by atoms with van der Waals surface area (Å²) in [5.74, 6) is 0.422. The summed E-state index contributed by atoms with van der Waals surface area (Å²) in [4.78, 5) is 20.0. The van der Waals surface area contributed by atoms with Crippen LogP contribution in [0.1, 0.15) is 0 Å². The van der Waals surface area contributed by atoms with Crippen LogP contribution >= 0.6 is 11.6 Å². The van der Waals surface area contributed by atoms with E-state index in [1.807, 2.05) is 66.7 Å². The molecule has 0 fully saturated rings. The van der Waals surface area contributed by atoms with Crippen LogP contribution in [0.2, 0.25) is 5.02 Å². The van der Waals surface area contributed by atoms with Gasteiger partial charge in [0.2, 0.25) is 5.58 Å². The summed E-state index contributed by atoms with van der Waals surface area (Å²) in [5, 5.41) is 1.32. The zero-order valence-corrected chi connectivity index (χ0v) is 14.8. The lowest BCUT2D eigenvalue weighted by Crippen LogP contribution is -2.08. The molecule has 0 aliphatic rings. The van der Waals surface area contributed by atoms with Gasteiger partial charge in [-0.3, -0.25) is 4.79 Å². The number of benzene rings is 3. The van der Waals surface area contributed by atoms with Gasteiger partial charge in [0.1, 0.15) is 16.9 Å².